The number of aromatic nitrogens is 3. The number of nitrogens with zero attached hydrogens (tertiary/aromatic N) is 3. The molecule has 1 atom stereocenters. The van der Waals surface area contributed by atoms with Crippen LogP contribution in [0, 0.1) is 13.8 Å². The molecule has 1 saturated heterocycles. The summed E-state index contributed by atoms with van der Waals surface area (Å²) in [4.78, 5) is 17.0. The number of rotatable bonds is 3. The number of amides is 1. The molecule has 3 heterocycles. The predicted molar refractivity (Wildman–Crippen MR) is 77.4 cm³/mol. The molecule has 3 rings (SSSR count). The van der Waals surface area contributed by atoms with Crippen LogP contribution in [0.5, 0.6) is 0 Å². The van der Waals surface area contributed by atoms with Gasteiger partial charge in [0.05, 0.1) is 10.7 Å². The Morgan fingerprint density at radius 1 is 1.35 bits per heavy atom. The van der Waals surface area contributed by atoms with E-state index in [0.29, 0.717) is 10.0 Å². The van der Waals surface area contributed by atoms with Crippen LogP contribution in [0.25, 0.3) is 0 Å². The fourth-order valence-electron chi connectivity index (χ4n) is 2.08. The molecule has 0 radical (unpaired) electrons. The predicted octanol–water partition coefficient (Wildman–Crippen LogP) is 2.72. The van der Waals surface area contributed by atoms with Crippen LogP contribution in [-0.4, -0.2) is 27.7 Å². The number of nitrogens with one attached hydrogen (secondary N) is 1. The average molecular weight is 310 g/mol. The SMILES string of the molecule is Cc1nc(C)c(C(=O)Nc2nnc([C@@H]3CCCO3)s2)s1. The van der Waals surface area contributed by atoms with E-state index in [9.17, 15) is 4.79 Å². The Morgan fingerprint density at radius 3 is 2.85 bits per heavy atom. The third-order valence-electron chi connectivity index (χ3n) is 2.98. The number of hydrogen-bond donors (Lipinski definition) is 1. The maximum atomic E-state index is 12.1. The van der Waals surface area contributed by atoms with Gasteiger partial charge in [-0.15, -0.1) is 21.5 Å². The molecule has 0 aromatic carbocycles. The van der Waals surface area contributed by atoms with Crippen molar-refractivity contribution < 1.29 is 9.53 Å². The zero-order valence-corrected chi connectivity index (χ0v) is 12.8. The molecule has 20 heavy (non-hydrogen) atoms. The van der Waals surface area contributed by atoms with Crippen LogP contribution in [0.1, 0.15) is 44.3 Å². The Bertz CT molecular complexity index is 631. The summed E-state index contributed by atoms with van der Waals surface area (Å²) in [6, 6.07) is 0. The summed E-state index contributed by atoms with van der Waals surface area (Å²) in [7, 11) is 0. The van der Waals surface area contributed by atoms with E-state index >= 15 is 0 Å². The molecule has 6 nitrogen and oxygen atoms in total. The molecule has 0 spiro atoms. The summed E-state index contributed by atoms with van der Waals surface area (Å²) in [5, 5.41) is 13.1. The number of ether oxygens (including phenoxy) is 1. The molecule has 106 valence electrons. The van der Waals surface area contributed by atoms with Gasteiger partial charge in [0.1, 0.15) is 16.0 Å². The van der Waals surface area contributed by atoms with Gasteiger partial charge in [-0.05, 0) is 26.7 Å². The van der Waals surface area contributed by atoms with Gasteiger partial charge in [-0.3, -0.25) is 10.1 Å². The molecule has 0 saturated carbocycles. The fourth-order valence-corrected chi connectivity index (χ4v) is 3.72. The van der Waals surface area contributed by atoms with E-state index in [0.717, 1.165) is 35.2 Å². The molecule has 1 amide bonds. The van der Waals surface area contributed by atoms with Gasteiger partial charge in [-0.2, -0.15) is 0 Å². The van der Waals surface area contributed by atoms with Crippen LogP contribution in [0.2, 0.25) is 0 Å². The van der Waals surface area contributed by atoms with Gasteiger partial charge in [0, 0.05) is 6.61 Å². The Morgan fingerprint density at radius 2 is 2.20 bits per heavy atom. The molecule has 8 heteroatoms. The highest BCUT2D eigenvalue weighted by atomic mass is 32.1. The minimum absolute atomic E-state index is 0.0329. The fraction of sp³-hybridized carbons (Fsp3) is 0.500. The lowest BCUT2D eigenvalue weighted by Crippen LogP contribution is -2.11. The number of hydrogen-bond acceptors (Lipinski definition) is 7. The highest BCUT2D eigenvalue weighted by molar-refractivity contribution is 7.16. The molecule has 0 bridgehead atoms. The van der Waals surface area contributed by atoms with Gasteiger partial charge in [0.25, 0.3) is 5.91 Å². The van der Waals surface area contributed by atoms with Crippen molar-refractivity contribution in [3.05, 3.63) is 20.6 Å². The van der Waals surface area contributed by atoms with Gasteiger partial charge in [0.15, 0.2) is 0 Å². The molecular formula is C12H14N4O2S2. The molecule has 0 unspecified atom stereocenters. The summed E-state index contributed by atoms with van der Waals surface area (Å²) >= 11 is 2.75. The van der Waals surface area contributed by atoms with E-state index < -0.39 is 0 Å². The van der Waals surface area contributed by atoms with E-state index in [1.54, 1.807) is 0 Å². The molecule has 0 aliphatic carbocycles. The molecular weight excluding hydrogens is 296 g/mol. The van der Waals surface area contributed by atoms with Crippen LogP contribution in [0.3, 0.4) is 0 Å². The molecule has 1 N–H and O–H groups in total. The van der Waals surface area contributed by atoms with Crippen molar-refractivity contribution in [2.75, 3.05) is 11.9 Å². The Labute approximate surface area is 124 Å². The van der Waals surface area contributed by atoms with Crippen molar-refractivity contribution in [3.8, 4) is 0 Å². The van der Waals surface area contributed by atoms with E-state index in [1.807, 2.05) is 13.8 Å². The van der Waals surface area contributed by atoms with Gasteiger partial charge in [0.2, 0.25) is 5.13 Å². The first-order valence-electron chi connectivity index (χ1n) is 6.34. The van der Waals surface area contributed by atoms with Crippen LogP contribution in [-0.2, 0) is 4.74 Å². The normalized spacial score (nSPS) is 18.4. The highest BCUT2D eigenvalue weighted by Gasteiger charge is 2.23. The summed E-state index contributed by atoms with van der Waals surface area (Å²) < 4.78 is 5.55. The van der Waals surface area contributed by atoms with Crippen molar-refractivity contribution >= 4 is 33.7 Å². The molecule has 1 fully saturated rings. The number of carbonyl (C=O) groups excluding carboxylic acids is 1. The lowest BCUT2D eigenvalue weighted by Gasteiger charge is -2.02. The van der Waals surface area contributed by atoms with Gasteiger partial charge >= 0.3 is 0 Å². The third-order valence-corrected chi connectivity index (χ3v) is 4.98. The molecule has 2 aromatic heterocycles. The number of anilines is 1. The minimum atomic E-state index is -0.178. The van der Waals surface area contributed by atoms with Crippen molar-refractivity contribution in [1.82, 2.24) is 15.2 Å². The summed E-state index contributed by atoms with van der Waals surface area (Å²) in [5.41, 5.74) is 0.744. The number of aryl methyl sites for hydroxylation is 2. The highest BCUT2D eigenvalue weighted by Crippen LogP contribution is 2.32. The maximum Gasteiger partial charge on any atom is 0.269 e. The topological polar surface area (TPSA) is 77.0 Å². The maximum absolute atomic E-state index is 12.1. The number of carbonyl (C=O) groups is 1. The second kappa shape index (κ2) is 5.55. The van der Waals surface area contributed by atoms with E-state index in [1.165, 1.54) is 22.7 Å². The van der Waals surface area contributed by atoms with Gasteiger partial charge < -0.3 is 4.74 Å². The first-order valence-corrected chi connectivity index (χ1v) is 7.97. The van der Waals surface area contributed by atoms with E-state index in [-0.39, 0.29) is 12.0 Å². The van der Waals surface area contributed by atoms with E-state index in [2.05, 4.69) is 20.5 Å². The first kappa shape index (κ1) is 13.6. The zero-order valence-electron chi connectivity index (χ0n) is 11.2. The molecule has 1 aliphatic heterocycles. The quantitative estimate of drug-likeness (QED) is 0.943. The van der Waals surface area contributed by atoms with Crippen LogP contribution in [0.15, 0.2) is 0 Å². The molecule has 1 aliphatic rings. The smallest absolute Gasteiger partial charge is 0.269 e. The average Bonchev–Trinajstić information content (AvgIpc) is 3.09. The number of thiazole rings is 1. The summed E-state index contributed by atoms with van der Waals surface area (Å²) in [6.45, 7) is 4.48. The largest absolute Gasteiger partial charge is 0.371 e. The zero-order chi connectivity index (χ0) is 14.1. The van der Waals surface area contributed by atoms with E-state index in [4.69, 9.17) is 4.74 Å². The van der Waals surface area contributed by atoms with Crippen LogP contribution >= 0.6 is 22.7 Å². The van der Waals surface area contributed by atoms with Crippen molar-refractivity contribution in [2.45, 2.75) is 32.8 Å². The van der Waals surface area contributed by atoms with Crippen molar-refractivity contribution in [2.24, 2.45) is 0 Å². The van der Waals surface area contributed by atoms with Crippen LogP contribution < -0.4 is 5.32 Å². The van der Waals surface area contributed by atoms with Crippen LogP contribution in [0.4, 0.5) is 5.13 Å². The third kappa shape index (κ3) is 2.72. The monoisotopic (exact) mass is 310 g/mol. The standard InChI is InChI=1S/C12H14N4O2S2/c1-6-9(19-7(2)13-6)10(17)14-12-16-15-11(20-12)8-4-3-5-18-8/h8H,3-5H2,1-2H3,(H,14,16,17)/t8-/m0/s1. The lowest BCUT2D eigenvalue weighted by molar-refractivity contribution is 0.102. The summed E-state index contributed by atoms with van der Waals surface area (Å²) in [6.07, 6.45) is 2.05. The molecule has 2 aromatic rings. The lowest BCUT2D eigenvalue weighted by atomic mass is 10.2. The van der Waals surface area contributed by atoms with Crippen molar-refractivity contribution in [1.29, 1.82) is 0 Å². The Kier molecular flexibility index (Phi) is 3.77. The second-order valence-electron chi connectivity index (χ2n) is 4.55. The van der Waals surface area contributed by atoms with Gasteiger partial charge in [-0.25, -0.2) is 4.98 Å². The Balaban J connectivity index is 1.71. The Hall–Kier alpha value is -1.38. The van der Waals surface area contributed by atoms with Gasteiger partial charge in [-0.1, -0.05) is 11.3 Å². The summed E-state index contributed by atoms with van der Waals surface area (Å²) in [5.74, 6) is -0.178. The minimum Gasteiger partial charge on any atom is -0.371 e. The van der Waals surface area contributed by atoms with Crippen molar-refractivity contribution in [3.63, 3.8) is 0 Å². The first-order chi connectivity index (χ1) is 9.63. The second-order valence-corrected chi connectivity index (χ2v) is 6.76.